The Morgan fingerprint density at radius 1 is 1.20 bits per heavy atom. The molecule has 0 saturated heterocycles. The Bertz CT molecular complexity index is 598. The van der Waals surface area contributed by atoms with Crippen molar-refractivity contribution in [2.45, 2.75) is 20.8 Å². The molecule has 6 heteroatoms. The number of rotatable bonds is 3. The van der Waals surface area contributed by atoms with Crippen molar-refractivity contribution in [1.29, 1.82) is 0 Å². The van der Waals surface area contributed by atoms with Gasteiger partial charge in [-0.15, -0.1) is 0 Å². The van der Waals surface area contributed by atoms with Crippen LogP contribution in [0.5, 0.6) is 0 Å². The highest BCUT2D eigenvalue weighted by atomic mass is 35.5. The summed E-state index contributed by atoms with van der Waals surface area (Å²) in [4.78, 5) is 23.3. The van der Waals surface area contributed by atoms with Gasteiger partial charge in [0.25, 0.3) is 0 Å². The number of hydrogen-bond donors (Lipinski definition) is 2. The molecule has 2 N–H and O–H groups in total. The fourth-order valence-electron chi connectivity index (χ4n) is 2.54. The van der Waals surface area contributed by atoms with Crippen LogP contribution >= 0.6 is 23.2 Å². The normalized spacial score (nSPS) is 23.2. The van der Waals surface area contributed by atoms with Crippen molar-refractivity contribution in [3.63, 3.8) is 0 Å². The first-order chi connectivity index (χ1) is 9.16. The van der Waals surface area contributed by atoms with E-state index in [1.54, 1.807) is 26.0 Å². The molecule has 2 atom stereocenters. The van der Waals surface area contributed by atoms with Crippen LogP contribution in [-0.4, -0.2) is 17.0 Å². The number of hydrogen-bond acceptors (Lipinski definition) is 2. The Morgan fingerprint density at radius 3 is 2.30 bits per heavy atom. The number of amides is 1. The van der Waals surface area contributed by atoms with Gasteiger partial charge in [-0.2, -0.15) is 0 Å². The lowest BCUT2D eigenvalue weighted by Gasteiger charge is -2.10. The number of carboxylic acids is 1. The SMILES string of the molecule is Cc1cc(Cl)c(NC(=O)C2C(C(=O)O)C2(C)C)cc1Cl. The molecular weight excluding hydrogens is 301 g/mol. The molecule has 1 saturated carbocycles. The Balaban J connectivity index is 2.18. The molecule has 1 aromatic carbocycles. The summed E-state index contributed by atoms with van der Waals surface area (Å²) < 4.78 is 0. The largest absolute Gasteiger partial charge is 0.481 e. The number of nitrogens with one attached hydrogen (secondary N) is 1. The molecule has 2 rings (SSSR count). The number of anilines is 1. The van der Waals surface area contributed by atoms with Crippen LogP contribution in [0.4, 0.5) is 5.69 Å². The van der Waals surface area contributed by atoms with E-state index in [0.29, 0.717) is 15.7 Å². The molecule has 1 aromatic rings. The number of benzene rings is 1. The average Bonchev–Trinajstić information content (AvgIpc) is 2.89. The lowest BCUT2D eigenvalue weighted by molar-refractivity contribution is -0.140. The van der Waals surface area contributed by atoms with Crippen LogP contribution in [0.1, 0.15) is 19.4 Å². The molecule has 4 nitrogen and oxygen atoms in total. The predicted octanol–water partition coefficient (Wildman–Crippen LogP) is 3.60. The fraction of sp³-hybridized carbons (Fsp3) is 0.429. The van der Waals surface area contributed by atoms with E-state index in [1.165, 1.54) is 0 Å². The molecule has 1 fully saturated rings. The molecule has 0 aliphatic heterocycles. The highest BCUT2D eigenvalue weighted by Gasteiger charge is 2.65. The van der Waals surface area contributed by atoms with Crippen molar-refractivity contribution in [3.05, 3.63) is 27.7 Å². The zero-order valence-corrected chi connectivity index (χ0v) is 12.8. The fourth-order valence-corrected chi connectivity index (χ4v) is 2.97. The van der Waals surface area contributed by atoms with Crippen LogP contribution in [0.3, 0.4) is 0 Å². The highest BCUT2D eigenvalue weighted by molar-refractivity contribution is 6.36. The molecule has 0 spiro atoms. The molecular formula is C14H15Cl2NO3. The van der Waals surface area contributed by atoms with Gasteiger partial charge in [0.1, 0.15) is 0 Å². The Labute approximate surface area is 127 Å². The van der Waals surface area contributed by atoms with Crippen LogP contribution in [-0.2, 0) is 9.59 Å². The summed E-state index contributed by atoms with van der Waals surface area (Å²) in [5, 5.41) is 12.6. The Kier molecular flexibility index (Phi) is 3.73. The van der Waals surface area contributed by atoms with Crippen molar-refractivity contribution >= 4 is 40.8 Å². The van der Waals surface area contributed by atoms with Gasteiger partial charge < -0.3 is 10.4 Å². The van der Waals surface area contributed by atoms with Crippen molar-refractivity contribution in [3.8, 4) is 0 Å². The molecule has 0 bridgehead atoms. The minimum Gasteiger partial charge on any atom is -0.481 e. The zero-order chi connectivity index (χ0) is 15.2. The topological polar surface area (TPSA) is 66.4 Å². The minimum absolute atomic E-state index is 0.343. The van der Waals surface area contributed by atoms with E-state index in [0.717, 1.165) is 5.56 Å². The third-order valence-electron chi connectivity index (χ3n) is 3.88. The summed E-state index contributed by atoms with van der Waals surface area (Å²) in [5.74, 6) is -2.52. The van der Waals surface area contributed by atoms with Crippen LogP contribution < -0.4 is 5.32 Å². The predicted molar refractivity (Wildman–Crippen MR) is 78.2 cm³/mol. The smallest absolute Gasteiger partial charge is 0.307 e. The molecule has 1 aliphatic carbocycles. The first-order valence-corrected chi connectivity index (χ1v) is 6.91. The molecule has 108 valence electrons. The highest BCUT2D eigenvalue weighted by Crippen LogP contribution is 2.58. The first-order valence-electron chi connectivity index (χ1n) is 6.15. The summed E-state index contributed by atoms with van der Waals surface area (Å²) in [5.41, 5.74) is 0.667. The van der Waals surface area contributed by atoms with E-state index in [4.69, 9.17) is 28.3 Å². The average molecular weight is 316 g/mol. The monoisotopic (exact) mass is 315 g/mol. The quantitative estimate of drug-likeness (QED) is 0.895. The molecule has 2 unspecified atom stereocenters. The first kappa shape index (κ1) is 15.1. The number of carboxylic acid groups (broad SMARTS) is 1. The zero-order valence-electron chi connectivity index (χ0n) is 11.3. The lowest BCUT2D eigenvalue weighted by Crippen LogP contribution is -2.18. The van der Waals surface area contributed by atoms with Crippen LogP contribution in [0.2, 0.25) is 10.0 Å². The lowest BCUT2D eigenvalue weighted by atomic mass is 10.1. The van der Waals surface area contributed by atoms with Gasteiger partial charge in [0.15, 0.2) is 0 Å². The third-order valence-corrected chi connectivity index (χ3v) is 4.60. The van der Waals surface area contributed by atoms with Crippen LogP contribution in [0.15, 0.2) is 12.1 Å². The number of halogens is 2. The minimum atomic E-state index is -0.955. The van der Waals surface area contributed by atoms with E-state index in [2.05, 4.69) is 5.32 Å². The van der Waals surface area contributed by atoms with Gasteiger partial charge in [0, 0.05) is 5.02 Å². The maximum Gasteiger partial charge on any atom is 0.307 e. The van der Waals surface area contributed by atoms with Gasteiger partial charge in [0.2, 0.25) is 5.91 Å². The molecule has 0 aromatic heterocycles. The van der Waals surface area contributed by atoms with E-state index < -0.39 is 23.2 Å². The van der Waals surface area contributed by atoms with Crippen molar-refractivity contribution in [2.75, 3.05) is 5.32 Å². The number of carbonyl (C=O) groups is 2. The summed E-state index contributed by atoms with van der Waals surface area (Å²) in [6, 6.07) is 3.23. The van der Waals surface area contributed by atoms with Gasteiger partial charge in [-0.05, 0) is 30.0 Å². The second kappa shape index (κ2) is 4.93. The standard InChI is InChI=1S/C14H15Cl2NO3/c1-6-4-8(16)9(5-7(6)15)17-12(18)10-11(13(19)20)14(10,2)3/h4-5,10-11H,1-3H3,(H,17,18)(H,19,20). The van der Waals surface area contributed by atoms with Gasteiger partial charge in [-0.3, -0.25) is 9.59 Å². The molecule has 1 amide bonds. The van der Waals surface area contributed by atoms with E-state index in [9.17, 15) is 9.59 Å². The molecule has 0 heterocycles. The summed E-state index contributed by atoms with van der Waals surface area (Å²) >= 11 is 12.0. The summed E-state index contributed by atoms with van der Waals surface area (Å²) in [6.45, 7) is 5.34. The van der Waals surface area contributed by atoms with Gasteiger partial charge in [-0.1, -0.05) is 37.0 Å². The maximum absolute atomic E-state index is 12.2. The van der Waals surface area contributed by atoms with E-state index >= 15 is 0 Å². The number of aliphatic carboxylic acids is 1. The summed E-state index contributed by atoms with van der Waals surface area (Å²) in [7, 11) is 0. The van der Waals surface area contributed by atoms with Crippen LogP contribution in [0.25, 0.3) is 0 Å². The van der Waals surface area contributed by atoms with E-state index in [1.807, 2.05) is 6.92 Å². The molecule has 20 heavy (non-hydrogen) atoms. The maximum atomic E-state index is 12.2. The molecule has 0 radical (unpaired) electrons. The Hall–Kier alpha value is -1.26. The summed E-state index contributed by atoms with van der Waals surface area (Å²) in [6.07, 6.45) is 0. The number of carbonyl (C=O) groups excluding carboxylic acids is 1. The second-order valence-corrected chi connectivity index (χ2v) is 6.50. The van der Waals surface area contributed by atoms with Crippen molar-refractivity contribution in [2.24, 2.45) is 17.3 Å². The Morgan fingerprint density at radius 2 is 1.80 bits per heavy atom. The van der Waals surface area contributed by atoms with Gasteiger partial charge in [0.05, 0.1) is 22.5 Å². The van der Waals surface area contributed by atoms with Gasteiger partial charge in [-0.25, -0.2) is 0 Å². The second-order valence-electron chi connectivity index (χ2n) is 5.69. The molecule has 1 aliphatic rings. The third kappa shape index (κ3) is 2.50. The van der Waals surface area contributed by atoms with Crippen molar-refractivity contribution in [1.82, 2.24) is 0 Å². The van der Waals surface area contributed by atoms with Gasteiger partial charge >= 0.3 is 5.97 Å². The van der Waals surface area contributed by atoms with Crippen molar-refractivity contribution < 1.29 is 14.7 Å². The van der Waals surface area contributed by atoms with Crippen LogP contribution in [0, 0.1) is 24.2 Å². The number of aryl methyl sites for hydroxylation is 1. The van der Waals surface area contributed by atoms with E-state index in [-0.39, 0.29) is 5.91 Å².